The minimum atomic E-state index is -0.816. The molecule has 0 saturated carbocycles. The summed E-state index contributed by atoms with van der Waals surface area (Å²) in [6, 6.07) is 5.24. The van der Waals surface area contributed by atoms with Crippen molar-refractivity contribution in [3.8, 4) is 17.2 Å². The second kappa shape index (κ2) is 5.59. The van der Waals surface area contributed by atoms with E-state index < -0.39 is 17.7 Å². The topological polar surface area (TPSA) is 75.8 Å². The van der Waals surface area contributed by atoms with Gasteiger partial charge in [-0.25, -0.2) is 4.98 Å². The third kappa shape index (κ3) is 2.61. The number of likely N-dealkylation sites (tertiary alicyclic amines) is 1. The number of hydrogen-bond donors (Lipinski definition) is 1. The number of aromatic nitrogens is 1. The maximum Gasteiger partial charge on any atom is 0.226 e. The van der Waals surface area contributed by atoms with Gasteiger partial charge < -0.3 is 19.2 Å². The first-order valence-corrected chi connectivity index (χ1v) is 8.60. The first kappa shape index (κ1) is 16.1. The van der Waals surface area contributed by atoms with Crippen molar-refractivity contribution < 1.29 is 19.1 Å². The molecule has 6 nitrogen and oxygen atoms in total. The Balaban J connectivity index is 1.83. The van der Waals surface area contributed by atoms with E-state index in [1.807, 2.05) is 39.0 Å². The van der Waals surface area contributed by atoms with Crippen molar-refractivity contribution in [2.75, 3.05) is 6.54 Å². The van der Waals surface area contributed by atoms with Gasteiger partial charge in [-0.3, -0.25) is 4.79 Å². The molecule has 1 fully saturated rings. The largest absolute Gasteiger partial charge is 0.485 e. The normalized spacial score (nSPS) is 25.0. The van der Waals surface area contributed by atoms with E-state index in [0.717, 1.165) is 23.2 Å². The molecule has 0 radical (unpaired) electrons. The van der Waals surface area contributed by atoms with Crippen molar-refractivity contribution in [1.82, 2.24) is 9.88 Å². The fourth-order valence-corrected chi connectivity index (χ4v) is 3.69. The third-order valence-electron chi connectivity index (χ3n) is 5.02. The molecular weight excluding hydrogens is 320 g/mol. The minimum Gasteiger partial charge on any atom is -0.485 e. The molecule has 1 unspecified atom stereocenters. The fourth-order valence-electron chi connectivity index (χ4n) is 3.69. The van der Waals surface area contributed by atoms with Gasteiger partial charge in [0.25, 0.3) is 0 Å². The van der Waals surface area contributed by atoms with E-state index in [-0.39, 0.29) is 5.91 Å². The Hall–Kier alpha value is -2.34. The van der Waals surface area contributed by atoms with Crippen LogP contribution in [0.4, 0.5) is 0 Å². The van der Waals surface area contributed by atoms with E-state index in [4.69, 9.17) is 9.15 Å². The van der Waals surface area contributed by atoms with Gasteiger partial charge in [0, 0.05) is 24.1 Å². The lowest BCUT2D eigenvalue weighted by molar-refractivity contribution is -0.139. The van der Waals surface area contributed by atoms with E-state index in [2.05, 4.69) is 4.98 Å². The molecule has 1 N–H and O–H groups in total. The number of rotatable bonds is 2. The third-order valence-corrected chi connectivity index (χ3v) is 5.02. The monoisotopic (exact) mass is 342 g/mol. The summed E-state index contributed by atoms with van der Waals surface area (Å²) < 4.78 is 11.5. The van der Waals surface area contributed by atoms with Gasteiger partial charge in [0.2, 0.25) is 11.8 Å². The number of benzene rings is 1. The summed E-state index contributed by atoms with van der Waals surface area (Å²) in [6.45, 7) is 6.21. The zero-order chi connectivity index (χ0) is 17.8. The fraction of sp³-hybridized carbons (Fsp3) is 0.474. The highest BCUT2D eigenvalue weighted by atomic mass is 16.5. The molecule has 4 rings (SSSR count). The molecule has 2 atom stereocenters. The summed E-state index contributed by atoms with van der Waals surface area (Å²) in [6.07, 6.45) is 2.13. The van der Waals surface area contributed by atoms with Crippen LogP contribution in [0.1, 0.15) is 44.0 Å². The van der Waals surface area contributed by atoms with Crippen molar-refractivity contribution in [3.63, 3.8) is 0 Å². The smallest absolute Gasteiger partial charge is 0.226 e. The molecule has 6 heteroatoms. The number of ether oxygens (including phenoxy) is 1. The summed E-state index contributed by atoms with van der Waals surface area (Å²) >= 11 is 0. The quantitative estimate of drug-likeness (QED) is 0.908. The van der Waals surface area contributed by atoms with Crippen LogP contribution in [0.15, 0.2) is 28.9 Å². The van der Waals surface area contributed by atoms with Crippen molar-refractivity contribution in [2.24, 2.45) is 0 Å². The lowest BCUT2D eigenvalue weighted by Gasteiger charge is -2.45. The zero-order valence-electron chi connectivity index (χ0n) is 14.7. The second-order valence-electron chi connectivity index (χ2n) is 7.33. The Labute approximate surface area is 146 Å². The van der Waals surface area contributed by atoms with Crippen molar-refractivity contribution in [2.45, 2.75) is 51.4 Å². The van der Waals surface area contributed by atoms with Crippen LogP contribution in [-0.2, 0) is 4.79 Å². The summed E-state index contributed by atoms with van der Waals surface area (Å²) in [5.74, 6) is 1.28. The van der Waals surface area contributed by atoms with Crippen LogP contribution >= 0.6 is 0 Å². The van der Waals surface area contributed by atoms with Crippen LogP contribution < -0.4 is 4.74 Å². The van der Waals surface area contributed by atoms with Gasteiger partial charge in [0.15, 0.2) is 0 Å². The molecule has 132 valence electrons. The molecule has 1 aromatic carbocycles. The van der Waals surface area contributed by atoms with Crippen LogP contribution in [0.2, 0.25) is 0 Å². The van der Waals surface area contributed by atoms with Crippen LogP contribution in [0.5, 0.6) is 5.75 Å². The number of fused-ring (bicyclic) bond motifs is 1. The molecule has 3 heterocycles. The number of nitrogens with zero attached hydrogens (tertiary/aromatic N) is 2. The predicted octanol–water partition coefficient (Wildman–Crippen LogP) is 2.85. The summed E-state index contributed by atoms with van der Waals surface area (Å²) in [4.78, 5) is 18.5. The molecule has 2 aromatic rings. The number of hydrogen-bond acceptors (Lipinski definition) is 5. The van der Waals surface area contributed by atoms with Crippen LogP contribution in [0, 0.1) is 6.92 Å². The van der Waals surface area contributed by atoms with Crippen LogP contribution in [0.3, 0.4) is 0 Å². The SMILES string of the molecule is Cc1coc(-c2ccc3c(c2)C(N2CCCC2=O)[C@H](O)C(C)(C)O3)n1. The number of aliphatic hydroxyl groups is 1. The van der Waals surface area contributed by atoms with Crippen molar-refractivity contribution in [3.05, 3.63) is 35.7 Å². The maximum atomic E-state index is 12.3. The number of aliphatic hydroxyl groups excluding tert-OH is 1. The number of amides is 1. The lowest BCUT2D eigenvalue weighted by Crippen LogP contribution is -2.53. The Morgan fingerprint density at radius 2 is 2.16 bits per heavy atom. The van der Waals surface area contributed by atoms with Crippen molar-refractivity contribution in [1.29, 1.82) is 0 Å². The molecule has 0 bridgehead atoms. The number of oxazole rings is 1. The molecule has 1 saturated heterocycles. The van der Waals surface area contributed by atoms with E-state index >= 15 is 0 Å². The van der Waals surface area contributed by atoms with E-state index in [0.29, 0.717) is 24.6 Å². The van der Waals surface area contributed by atoms with E-state index in [1.165, 1.54) is 0 Å². The molecule has 0 aliphatic carbocycles. The number of aryl methyl sites for hydroxylation is 1. The number of carbonyl (C=O) groups is 1. The molecule has 1 amide bonds. The van der Waals surface area contributed by atoms with Gasteiger partial charge in [0.1, 0.15) is 23.7 Å². The highest BCUT2D eigenvalue weighted by molar-refractivity contribution is 5.79. The summed E-state index contributed by atoms with van der Waals surface area (Å²) in [5.41, 5.74) is 1.63. The lowest BCUT2D eigenvalue weighted by atomic mass is 9.85. The average Bonchev–Trinajstić information content (AvgIpc) is 3.17. The number of carbonyl (C=O) groups excluding carboxylic acids is 1. The molecule has 25 heavy (non-hydrogen) atoms. The van der Waals surface area contributed by atoms with E-state index in [9.17, 15) is 9.90 Å². The Bertz CT molecular complexity index is 827. The molecule has 0 spiro atoms. The summed E-state index contributed by atoms with van der Waals surface area (Å²) in [5, 5.41) is 10.9. The van der Waals surface area contributed by atoms with E-state index in [1.54, 1.807) is 11.2 Å². The predicted molar refractivity (Wildman–Crippen MR) is 91.1 cm³/mol. The van der Waals surface area contributed by atoms with Gasteiger partial charge in [-0.15, -0.1) is 0 Å². The maximum absolute atomic E-state index is 12.3. The Kier molecular flexibility index (Phi) is 3.61. The summed E-state index contributed by atoms with van der Waals surface area (Å²) in [7, 11) is 0. The zero-order valence-corrected chi connectivity index (χ0v) is 14.7. The standard InChI is InChI=1S/C19H22N2O4/c1-11-10-24-18(20-11)12-6-7-14-13(9-12)16(17(23)19(2,3)25-14)21-8-4-5-15(21)22/h6-7,9-10,16-17,23H,4-5,8H2,1-3H3/t16?,17-/m0/s1. The highest BCUT2D eigenvalue weighted by Crippen LogP contribution is 2.45. The molecule has 2 aliphatic heterocycles. The van der Waals surface area contributed by atoms with Gasteiger partial charge >= 0.3 is 0 Å². The van der Waals surface area contributed by atoms with Crippen LogP contribution in [0.25, 0.3) is 11.5 Å². The molecule has 2 aliphatic rings. The first-order chi connectivity index (χ1) is 11.9. The van der Waals surface area contributed by atoms with Crippen molar-refractivity contribution >= 4 is 5.91 Å². The van der Waals surface area contributed by atoms with Crippen LogP contribution in [-0.4, -0.2) is 39.1 Å². The van der Waals surface area contributed by atoms with Gasteiger partial charge in [-0.2, -0.15) is 0 Å². The first-order valence-electron chi connectivity index (χ1n) is 8.60. The second-order valence-corrected chi connectivity index (χ2v) is 7.33. The molecule has 1 aromatic heterocycles. The Morgan fingerprint density at radius 1 is 1.36 bits per heavy atom. The van der Waals surface area contributed by atoms with Gasteiger partial charge in [-0.05, 0) is 45.4 Å². The van der Waals surface area contributed by atoms with Gasteiger partial charge in [-0.1, -0.05) is 0 Å². The van der Waals surface area contributed by atoms with Gasteiger partial charge in [0.05, 0.1) is 11.7 Å². The molecular formula is C19H22N2O4. The highest BCUT2D eigenvalue weighted by Gasteiger charge is 2.47. The minimum absolute atomic E-state index is 0.0741. The Morgan fingerprint density at radius 3 is 2.80 bits per heavy atom. The average molecular weight is 342 g/mol.